The monoisotopic (exact) mass is 450 g/mol. The van der Waals surface area contributed by atoms with Gasteiger partial charge in [0.2, 0.25) is 5.91 Å². The van der Waals surface area contributed by atoms with E-state index in [9.17, 15) is 18.0 Å². The van der Waals surface area contributed by atoms with Gasteiger partial charge in [0.15, 0.2) is 11.0 Å². The number of rotatable bonds is 9. The molecule has 0 saturated carbocycles. The molecule has 156 valence electrons. The highest BCUT2D eigenvalue weighted by molar-refractivity contribution is 8.00. The number of amides is 1. The van der Waals surface area contributed by atoms with Gasteiger partial charge in [-0.05, 0) is 36.4 Å². The van der Waals surface area contributed by atoms with Crippen LogP contribution in [0.5, 0.6) is 0 Å². The second-order valence-corrected chi connectivity index (χ2v) is 7.93. The summed E-state index contributed by atoms with van der Waals surface area (Å²) in [5, 5.41) is 11.3. The van der Waals surface area contributed by atoms with E-state index in [-0.39, 0.29) is 11.7 Å². The summed E-state index contributed by atoms with van der Waals surface area (Å²) in [6, 6.07) is 12.4. The van der Waals surface area contributed by atoms with E-state index >= 15 is 0 Å². The Balaban J connectivity index is 1.66. The fourth-order valence-corrected chi connectivity index (χ4v) is 3.82. The number of nitrogens with zero attached hydrogens (tertiary/aromatic N) is 3. The largest absolute Gasteiger partial charge is 0.325 e. The molecule has 30 heavy (non-hydrogen) atoms. The quantitative estimate of drug-likeness (QED) is 0.353. The van der Waals surface area contributed by atoms with E-state index in [0.717, 1.165) is 11.8 Å². The molecule has 0 aliphatic rings. The summed E-state index contributed by atoms with van der Waals surface area (Å²) in [4.78, 5) is 12.7. The van der Waals surface area contributed by atoms with Gasteiger partial charge < -0.3 is 5.32 Å². The number of carbonyl (C=O) groups is 1. The van der Waals surface area contributed by atoms with E-state index in [1.165, 1.54) is 18.2 Å². The Morgan fingerprint density at radius 1 is 1.17 bits per heavy atom. The number of benzene rings is 2. The van der Waals surface area contributed by atoms with Crippen molar-refractivity contribution in [3.63, 3.8) is 0 Å². The zero-order chi connectivity index (χ0) is 21.5. The van der Waals surface area contributed by atoms with Crippen LogP contribution in [0.4, 0.5) is 18.9 Å². The first-order valence-electron chi connectivity index (χ1n) is 8.74. The number of anilines is 1. The van der Waals surface area contributed by atoms with E-state index in [1.54, 1.807) is 41.0 Å². The van der Waals surface area contributed by atoms with Crippen LogP contribution < -0.4 is 5.32 Å². The van der Waals surface area contributed by atoms with Gasteiger partial charge in [-0.15, -0.1) is 16.8 Å². The number of allylic oxidation sites excluding steroid dienone is 1. The molecular weight excluding hydrogens is 433 g/mol. The summed E-state index contributed by atoms with van der Waals surface area (Å²) >= 11 is 1.59. The molecule has 1 heterocycles. The first-order valence-corrected chi connectivity index (χ1v) is 10.6. The van der Waals surface area contributed by atoms with Gasteiger partial charge in [-0.2, -0.15) is 8.78 Å². The second kappa shape index (κ2) is 10.4. The number of hydrogen-bond acceptors (Lipinski definition) is 5. The van der Waals surface area contributed by atoms with Crippen LogP contribution in [0.25, 0.3) is 11.4 Å². The molecule has 0 unspecified atom stereocenters. The summed E-state index contributed by atoms with van der Waals surface area (Å²) in [5.74, 6) is -2.82. The third-order valence-corrected chi connectivity index (χ3v) is 5.53. The number of alkyl halides is 2. The fourth-order valence-electron chi connectivity index (χ4n) is 2.58. The highest BCUT2D eigenvalue weighted by atomic mass is 32.2. The Labute approximate surface area is 179 Å². The lowest BCUT2D eigenvalue weighted by Gasteiger charge is -2.09. The molecule has 0 aliphatic carbocycles. The molecule has 1 amide bonds. The maximum atomic E-state index is 14.1. The van der Waals surface area contributed by atoms with Crippen LogP contribution >= 0.6 is 23.5 Å². The molecule has 3 aromatic rings. The molecule has 1 N–H and O–H groups in total. The third kappa shape index (κ3) is 5.67. The van der Waals surface area contributed by atoms with Gasteiger partial charge in [-0.3, -0.25) is 9.36 Å². The molecule has 10 heteroatoms. The molecule has 0 atom stereocenters. The van der Waals surface area contributed by atoms with Crippen molar-refractivity contribution in [3.05, 3.63) is 67.0 Å². The van der Waals surface area contributed by atoms with Crippen LogP contribution in [0.15, 0.2) is 71.2 Å². The van der Waals surface area contributed by atoms with Crippen LogP contribution in [0.1, 0.15) is 0 Å². The summed E-state index contributed by atoms with van der Waals surface area (Å²) in [5.41, 5.74) is 0.809. The molecule has 0 spiro atoms. The van der Waals surface area contributed by atoms with Crippen LogP contribution in [0.3, 0.4) is 0 Å². The van der Waals surface area contributed by atoms with Gasteiger partial charge >= 0.3 is 0 Å². The Hall–Kier alpha value is -2.72. The first kappa shape index (κ1) is 22.0. The van der Waals surface area contributed by atoms with Gasteiger partial charge in [-0.25, -0.2) is 4.39 Å². The molecule has 0 saturated heterocycles. The Morgan fingerprint density at radius 3 is 2.57 bits per heavy atom. The van der Waals surface area contributed by atoms with Gasteiger partial charge in [0.25, 0.3) is 5.76 Å². The van der Waals surface area contributed by atoms with Gasteiger partial charge in [-0.1, -0.05) is 41.7 Å². The third-order valence-electron chi connectivity index (χ3n) is 3.84. The maximum Gasteiger partial charge on any atom is 0.288 e. The predicted octanol–water partition coefficient (Wildman–Crippen LogP) is 5.32. The number of nitrogens with one attached hydrogen (secondary N) is 1. The topological polar surface area (TPSA) is 59.8 Å². The summed E-state index contributed by atoms with van der Waals surface area (Å²) in [6.45, 7) is 4.05. The zero-order valence-electron chi connectivity index (χ0n) is 15.6. The van der Waals surface area contributed by atoms with E-state index < -0.39 is 11.6 Å². The van der Waals surface area contributed by atoms with E-state index in [4.69, 9.17) is 0 Å². The van der Waals surface area contributed by atoms with Crippen LogP contribution in [-0.4, -0.2) is 32.2 Å². The molecule has 3 rings (SSSR count). The molecule has 5 nitrogen and oxygen atoms in total. The van der Waals surface area contributed by atoms with E-state index in [1.807, 2.05) is 0 Å². The molecule has 2 aromatic carbocycles. The normalized spacial score (nSPS) is 10.9. The van der Waals surface area contributed by atoms with Crippen LogP contribution in [0, 0.1) is 5.82 Å². The number of aromatic nitrogens is 3. The lowest BCUT2D eigenvalue weighted by molar-refractivity contribution is -0.113. The van der Waals surface area contributed by atoms with Crippen molar-refractivity contribution in [1.82, 2.24) is 14.8 Å². The first-order chi connectivity index (χ1) is 14.5. The summed E-state index contributed by atoms with van der Waals surface area (Å²) < 4.78 is 40.5. The van der Waals surface area contributed by atoms with Crippen LogP contribution in [-0.2, 0) is 11.3 Å². The average molecular weight is 451 g/mol. The molecule has 0 bridgehead atoms. The number of hydrogen-bond donors (Lipinski definition) is 1. The van der Waals surface area contributed by atoms with Crippen molar-refractivity contribution in [2.24, 2.45) is 0 Å². The van der Waals surface area contributed by atoms with Gasteiger partial charge in [0.05, 0.1) is 11.3 Å². The Kier molecular flexibility index (Phi) is 7.58. The number of halogens is 3. The number of thioether (sulfide) groups is 2. The van der Waals surface area contributed by atoms with Crippen molar-refractivity contribution in [2.45, 2.75) is 22.4 Å². The predicted molar refractivity (Wildman–Crippen MR) is 113 cm³/mol. The summed E-state index contributed by atoms with van der Waals surface area (Å²) in [6.07, 6.45) is 1.64. The Bertz CT molecular complexity index is 1030. The van der Waals surface area contributed by atoms with Crippen molar-refractivity contribution in [2.75, 3.05) is 11.1 Å². The van der Waals surface area contributed by atoms with Gasteiger partial charge in [0, 0.05) is 17.1 Å². The zero-order valence-corrected chi connectivity index (χ0v) is 17.2. The highest BCUT2D eigenvalue weighted by Crippen LogP contribution is 2.27. The average Bonchev–Trinajstić information content (AvgIpc) is 3.11. The minimum absolute atomic E-state index is 0.0417. The fraction of sp³-hybridized carbons (Fsp3) is 0.150. The lowest BCUT2D eigenvalue weighted by atomic mass is 10.2. The van der Waals surface area contributed by atoms with Crippen molar-refractivity contribution in [1.29, 1.82) is 0 Å². The SMILES string of the molecule is C=CCn1c(SCC(=O)Nc2ccc(SC(F)F)cc2)nnc1-c1ccccc1F. The van der Waals surface area contributed by atoms with Crippen LogP contribution in [0.2, 0.25) is 0 Å². The molecule has 0 radical (unpaired) electrons. The standard InChI is InChI=1S/C20H17F3N4OS2/c1-2-11-27-18(15-5-3-4-6-16(15)21)25-26-20(27)29-12-17(28)24-13-7-9-14(10-8-13)30-19(22)23/h2-10,19H,1,11-12H2,(H,24,28). The van der Waals surface area contributed by atoms with Crippen molar-refractivity contribution < 1.29 is 18.0 Å². The van der Waals surface area contributed by atoms with Crippen molar-refractivity contribution in [3.8, 4) is 11.4 Å². The highest BCUT2D eigenvalue weighted by Gasteiger charge is 2.17. The molecule has 1 aromatic heterocycles. The minimum atomic E-state index is -2.50. The minimum Gasteiger partial charge on any atom is -0.325 e. The van der Waals surface area contributed by atoms with Crippen molar-refractivity contribution >= 4 is 35.1 Å². The van der Waals surface area contributed by atoms with E-state index in [2.05, 4.69) is 22.1 Å². The lowest BCUT2D eigenvalue weighted by Crippen LogP contribution is -2.14. The number of carbonyl (C=O) groups excluding carboxylic acids is 1. The summed E-state index contributed by atoms with van der Waals surface area (Å²) in [7, 11) is 0. The molecular formula is C20H17F3N4OS2. The van der Waals surface area contributed by atoms with E-state index in [0.29, 0.717) is 45.4 Å². The molecule has 0 aliphatic heterocycles. The smallest absolute Gasteiger partial charge is 0.288 e. The van der Waals surface area contributed by atoms with Gasteiger partial charge in [0.1, 0.15) is 5.82 Å². The Morgan fingerprint density at radius 2 is 1.90 bits per heavy atom. The maximum absolute atomic E-state index is 14.1. The second-order valence-electron chi connectivity index (χ2n) is 5.93. The molecule has 0 fully saturated rings.